The maximum atomic E-state index is 7.29. The molecule has 0 N–H and O–H groups in total. The first-order chi connectivity index (χ1) is 56.6. The number of halogens is 5. The maximum Gasteiger partial charge on any atom is 1.00 e. The largest absolute Gasteiger partial charge is 1.00 e. The summed E-state index contributed by atoms with van der Waals surface area (Å²) in [5, 5.41) is 3.54. The van der Waals surface area contributed by atoms with E-state index >= 15 is 0 Å². The summed E-state index contributed by atoms with van der Waals surface area (Å²) < 4.78 is 2.84. The zero-order valence-corrected chi connectivity index (χ0v) is 78.5. The van der Waals surface area contributed by atoms with Crippen LogP contribution < -0.4 is 117 Å². The summed E-state index contributed by atoms with van der Waals surface area (Å²) in [7, 11) is 0. The Kier molecular flexibility index (Phi) is 43.7. The van der Waals surface area contributed by atoms with Gasteiger partial charge in [-0.25, -0.2) is 4.85 Å². The number of rotatable bonds is 36. The Morgan fingerprint density at radius 2 is 0.333 bits per heavy atom. The molecule has 0 aliphatic heterocycles. The second-order valence-corrected chi connectivity index (χ2v) is 34.0. The second kappa shape index (κ2) is 52.5. The average Bonchev–Trinajstić information content (AvgIpc) is 0.748. The summed E-state index contributed by atoms with van der Waals surface area (Å²) in [5.74, 6) is 0. The fourth-order valence-electron chi connectivity index (χ4n) is 17.8. The number of hydrogen-bond donors (Lipinski definition) is 0. The minimum absolute atomic E-state index is 0. The Labute approximate surface area is 774 Å². The van der Waals surface area contributed by atoms with Gasteiger partial charge in [0.1, 0.15) is 18.4 Å². The van der Waals surface area contributed by atoms with Crippen molar-refractivity contribution in [1.29, 1.82) is 0 Å². The van der Waals surface area contributed by atoms with Crippen molar-refractivity contribution in [2.24, 2.45) is 0 Å². The first-order valence-electron chi connectivity index (χ1n) is 43.4. The molecule has 0 saturated heterocycles. The van der Waals surface area contributed by atoms with Crippen LogP contribution in [0.2, 0.25) is 25.1 Å². The molecule has 0 amide bonds. The van der Waals surface area contributed by atoms with E-state index in [4.69, 9.17) is 64.6 Å². The van der Waals surface area contributed by atoms with E-state index in [0.29, 0.717) is 25.8 Å². The third-order valence-corrected chi connectivity index (χ3v) is 25.3. The first kappa shape index (κ1) is 97.5. The van der Waals surface area contributed by atoms with Crippen molar-refractivity contribution >= 4 is 148 Å². The number of unbranched alkanes of at least 4 members (excludes halogenated alkanes) is 8. The zero-order chi connectivity index (χ0) is 82.8. The van der Waals surface area contributed by atoms with Crippen molar-refractivity contribution in [3.8, 4) is 0 Å². The van der Waals surface area contributed by atoms with E-state index in [2.05, 4.69) is 315 Å². The standard InChI is InChI=1S/C25H19BN.C24H16BCl4.C24H19BCl.2C16H36N.K/c1-27-25-19-17-24(18-20-25)26(21-11-5-2-6-12-21,22-13-7-3-8-14-22)23-15-9-4-10-16-23;26-21-9-1-17(2-10-21)25(18-3-11-22(27)12-4-18,19-5-13-23(28)14-6-19)20-7-15-24(29)16-8-20;26-24-18-16-23(17-19-24)25(20-10-4-1-5-11-20,21-12-6-2-7-13-21)22-14-8-3-9-15-22;2*1-5-9-13-17(14-10-6-2,15-11-7-3)16-12-8-4;/h2-20H;1-16H;1-19H;2*5-16H2,1-4H3;/q3*-1;3*+1. The summed E-state index contributed by atoms with van der Waals surface area (Å²) in [6, 6.07) is 113. The molecule has 0 bridgehead atoms. The van der Waals surface area contributed by atoms with Crippen molar-refractivity contribution in [2.75, 3.05) is 52.4 Å². The van der Waals surface area contributed by atoms with Crippen LogP contribution in [-0.2, 0) is 0 Å². The van der Waals surface area contributed by atoms with Gasteiger partial charge in [0.15, 0.2) is 5.69 Å². The Bertz CT molecular complexity index is 4190. The number of quaternary nitrogens is 2. The van der Waals surface area contributed by atoms with Gasteiger partial charge in [0.05, 0.1) is 58.9 Å². The number of hydrogen-bond acceptors (Lipinski definition) is 0. The van der Waals surface area contributed by atoms with Crippen LogP contribution in [0.25, 0.3) is 4.85 Å². The molecule has 117 heavy (non-hydrogen) atoms. The zero-order valence-electron chi connectivity index (χ0n) is 71.6. The van der Waals surface area contributed by atoms with Crippen LogP contribution >= 0.6 is 58.0 Å². The molecule has 12 aromatic carbocycles. The van der Waals surface area contributed by atoms with Crippen LogP contribution in [0.3, 0.4) is 0 Å². The quantitative estimate of drug-likeness (QED) is 0.0209. The molecule has 0 heterocycles. The molecule has 0 aliphatic rings. The van der Waals surface area contributed by atoms with Gasteiger partial charge in [-0.15, -0.1) is 12.1 Å². The van der Waals surface area contributed by atoms with Gasteiger partial charge in [0, 0.05) is 25.1 Å². The van der Waals surface area contributed by atoms with E-state index in [-0.39, 0.29) is 51.4 Å². The van der Waals surface area contributed by atoms with Crippen molar-refractivity contribution in [3.05, 3.63) is 364 Å². The predicted octanol–water partition coefficient (Wildman–Crippen LogP) is 20.0. The molecular formula is C105H126B3Cl5KN3. The molecular weight excluding hydrogens is 1550 g/mol. The van der Waals surface area contributed by atoms with Crippen LogP contribution in [0.5, 0.6) is 0 Å². The Morgan fingerprint density at radius 1 is 0.205 bits per heavy atom. The first-order valence-corrected chi connectivity index (χ1v) is 45.3. The Hall–Kier alpha value is -6.67. The molecule has 12 heteroatoms. The van der Waals surface area contributed by atoms with E-state index < -0.39 is 18.4 Å². The average molecular weight is 1680 g/mol. The van der Waals surface area contributed by atoms with Crippen LogP contribution in [0.1, 0.15) is 158 Å². The van der Waals surface area contributed by atoms with Gasteiger partial charge >= 0.3 is 51.4 Å². The van der Waals surface area contributed by atoms with Gasteiger partial charge in [-0.1, -0.05) is 420 Å². The van der Waals surface area contributed by atoms with Gasteiger partial charge < -0.3 is 8.97 Å². The van der Waals surface area contributed by atoms with E-state index in [1.807, 2.05) is 72.8 Å². The topological polar surface area (TPSA) is 4.36 Å². The molecule has 3 nitrogen and oxygen atoms in total. The fraction of sp³-hybridized carbons (Fsp3) is 0.305. The molecule has 0 fully saturated rings. The molecule has 0 saturated carbocycles. The van der Waals surface area contributed by atoms with Crippen molar-refractivity contribution in [3.63, 3.8) is 0 Å². The van der Waals surface area contributed by atoms with E-state index in [9.17, 15) is 0 Å². The minimum atomic E-state index is -1.51. The minimum Gasteiger partial charge on any atom is -0.324 e. The van der Waals surface area contributed by atoms with Crippen molar-refractivity contribution in [2.45, 2.75) is 158 Å². The summed E-state index contributed by atoms with van der Waals surface area (Å²) in [6.07, 6.45) is 18.0. The van der Waals surface area contributed by atoms with Gasteiger partial charge in [-0.05, 0) is 112 Å². The SMILES string of the molecule is CCCC[N+](CCCC)(CCCC)CCCC.CCCC[N+](CCCC)(CCCC)CCCC.Clc1ccc([B-](c2ccc(Cl)cc2)(c2ccc(Cl)cc2)c2ccc(Cl)cc2)cc1.Clc1ccc([B-](c2ccccc2)(c2ccccc2)c2ccccc2)cc1.[C-]#[N+]c1ccc([B-](c2ccccc2)(c2ccccc2)c2ccccc2)cc1.[K+]. The van der Waals surface area contributed by atoms with Crippen molar-refractivity contribution in [1.82, 2.24) is 0 Å². The summed E-state index contributed by atoms with van der Waals surface area (Å²) in [4.78, 5) is 3.57. The molecule has 12 rings (SSSR count). The van der Waals surface area contributed by atoms with Gasteiger partial charge in [0.25, 0.3) is 0 Å². The molecule has 0 spiro atoms. The van der Waals surface area contributed by atoms with Crippen LogP contribution in [0, 0.1) is 6.57 Å². The third kappa shape index (κ3) is 27.2. The molecule has 12 aromatic rings. The second-order valence-electron chi connectivity index (χ2n) is 31.8. The third-order valence-electron chi connectivity index (χ3n) is 24.1. The van der Waals surface area contributed by atoms with E-state index in [1.54, 1.807) is 0 Å². The monoisotopic (exact) mass is 1680 g/mol. The summed E-state index contributed by atoms with van der Waals surface area (Å²) >= 11 is 31.1. The molecule has 0 atom stereocenters. The van der Waals surface area contributed by atoms with Crippen LogP contribution in [-0.4, -0.2) is 79.8 Å². The predicted molar refractivity (Wildman–Crippen MR) is 520 cm³/mol. The maximum absolute atomic E-state index is 7.29. The van der Waals surface area contributed by atoms with Gasteiger partial charge in [0.2, 0.25) is 0 Å². The molecule has 0 aliphatic carbocycles. The summed E-state index contributed by atoms with van der Waals surface area (Å²) in [5.41, 5.74) is 15.4. The fourth-order valence-corrected chi connectivity index (χ4v) is 18.4. The normalized spacial score (nSPS) is 11.4. The van der Waals surface area contributed by atoms with E-state index in [0.717, 1.165) is 26.9 Å². The molecule has 0 aromatic heterocycles. The Balaban J connectivity index is 0.000000205. The van der Waals surface area contributed by atoms with Crippen LogP contribution in [0.4, 0.5) is 5.69 Å². The van der Waals surface area contributed by atoms with Crippen molar-refractivity contribution < 1.29 is 60.4 Å². The molecule has 0 radical (unpaired) electrons. The van der Waals surface area contributed by atoms with Crippen LogP contribution in [0.15, 0.2) is 328 Å². The summed E-state index contributed by atoms with van der Waals surface area (Å²) in [6.45, 7) is 37.3. The van der Waals surface area contributed by atoms with E-state index in [1.165, 1.54) is 208 Å². The molecule has 0 unspecified atom stereocenters. The smallest absolute Gasteiger partial charge is 0.324 e. The number of benzene rings is 12. The number of nitrogens with zero attached hydrogens (tertiary/aromatic N) is 3. The van der Waals surface area contributed by atoms with Gasteiger partial charge in [-0.3, -0.25) is 0 Å². The van der Waals surface area contributed by atoms with Gasteiger partial charge in [-0.2, -0.15) is 65.6 Å². The Morgan fingerprint density at radius 3 is 0.462 bits per heavy atom. The molecule has 606 valence electrons.